The van der Waals surface area contributed by atoms with E-state index in [1.165, 1.54) is 51.4 Å². The lowest BCUT2D eigenvalue weighted by atomic mass is 9.67. The fraction of sp³-hybridized carbons (Fsp3) is 0.909. The molecule has 1 aliphatic rings. The van der Waals surface area contributed by atoms with Gasteiger partial charge in [0.25, 0.3) is 0 Å². The Morgan fingerprint density at radius 3 is 2.43 bits per heavy atom. The van der Waals surface area contributed by atoms with Crippen LogP contribution < -0.4 is 0 Å². The maximum Gasteiger partial charge on any atom is 0.0976 e. The van der Waals surface area contributed by atoms with Crippen molar-refractivity contribution >= 4 is 0 Å². The lowest BCUT2D eigenvalue weighted by molar-refractivity contribution is 0.114. The molecule has 0 heterocycles. The van der Waals surface area contributed by atoms with Crippen LogP contribution in [0.1, 0.15) is 91.9 Å². The average molecular weight is 325 g/mol. The molecule has 0 amide bonds. The zero-order valence-corrected chi connectivity index (χ0v) is 16.2. The summed E-state index contributed by atoms with van der Waals surface area (Å²) in [5, 5.41) is 0. The Labute approximate surface area is 145 Å². The van der Waals surface area contributed by atoms with Crippen LogP contribution in [0.15, 0.2) is 12.7 Å². The molecule has 0 aromatic heterocycles. The Morgan fingerprint density at radius 2 is 1.87 bits per heavy atom. The molecule has 0 saturated heterocycles. The van der Waals surface area contributed by atoms with Crippen LogP contribution >= 0.6 is 0 Å². The van der Waals surface area contributed by atoms with Crippen LogP contribution in [0.2, 0.25) is 0 Å². The van der Waals surface area contributed by atoms with Gasteiger partial charge in [0.2, 0.25) is 0 Å². The lowest BCUT2D eigenvalue weighted by Gasteiger charge is -2.39. The first-order valence-corrected chi connectivity index (χ1v) is 10.3. The Hall–Kier alpha value is -0.330. The largest absolute Gasteiger partial charge is 0.248 e. The Kier molecular flexibility index (Phi) is 10.1. The first-order chi connectivity index (χ1) is 11.0. The molecule has 0 spiro atoms. The zero-order valence-electron chi connectivity index (χ0n) is 16.2. The van der Waals surface area contributed by atoms with Gasteiger partial charge in [-0.1, -0.05) is 46.1 Å². The number of allylic oxidation sites excluding steroid dienone is 1. The van der Waals surface area contributed by atoms with Crippen molar-refractivity contribution in [3.63, 3.8) is 0 Å². The van der Waals surface area contributed by atoms with E-state index in [-0.39, 0.29) is 0 Å². The van der Waals surface area contributed by atoms with Gasteiger partial charge >= 0.3 is 0 Å². The van der Waals surface area contributed by atoms with Crippen molar-refractivity contribution in [3.8, 4) is 0 Å². The first-order valence-electron chi connectivity index (χ1n) is 10.3. The van der Waals surface area contributed by atoms with Gasteiger partial charge in [0.15, 0.2) is 0 Å². The van der Waals surface area contributed by atoms with Crippen molar-refractivity contribution in [1.82, 2.24) is 0 Å². The molecule has 1 heteroatoms. The second-order valence-electron chi connectivity index (χ2n) is 8.22. The van der Waals surface area contributed by atoms with Gasteiger partial charge in [-0.2, -0.15) is 0 Å². The molecule has 1 saturated carbocycles. The Balaban J connectivity index is 2.55. The van der Waals surface area contributed by atoms with E-state index < -0.39 is 6.17 Å². The van der Waals surface area contributed by atoms with Crippen molar-refractivity contribution in [2.75, 3.05) is 0 Å². The number of unbranched alkanes of at least 4 members (excludes halogenated alkanes) is 1. The van der Waals surface area contributed by atoms with E-state index in [1.807, 2.05) is 6.08 Å². The molecule has 0 N–H and O–H groups in total. The topological polar surface area (TPSA) is 0 Å². The predicted molar refractivity (Wildman–Crippen MR) is 101 cm³/mol. The van der Waals surface area contributed by atoms with Gasteiger partial charge in [-0.15, -0.1) is 6.58 Å². The summed E-state index contributed by atoms with van der Waals surface area (Å²) in [5.74, 6) is 4.02. The third-order valence-electron chi connectivity index (χ3n) is 6.42. The summed E-state index contributed by atoms with van der Waals surface area (Å²) in [6, 6.07) is 0. The number of hydrogen-bond donors (Lipinski definition) is 0. The Bertz CT molecular complexity index is 309. The smallest absolute Gasteiger partial charge is 0.0976 e. The number of rotatable bonds is 11. The molecule has 1 aliphatic carbocycles. The van der Waals surface area contributed by atoms with E-state index >= 15 is 0 Å². The highest BCUT2D eigenvalue weighted by Gasteiger charge is 2.32. The van der Waals surface area contributed by atoms with E-state index in [2.05, 4.69) is 27.4 Å². The third kappa shape index (κ3) is 7.40. The van der Waals surface area contributed by atoms with Gasteiger partial charge < -0.3 is 0 Å². The number of halogens is 1. The number of alkyl halides is 1. The third-order valence-corrected chi connectivity index (χ3v) is 6.42. The molecule has 6 atom stereocenters. The van der Waals surface area contributed by atoms with Crippen LogP contribution in [-0.2, 0) is 0 Å². The van der Waals surface area contributed by atoms with Crippen molar-refractivity contribution in [1.29, 1.82) is 0 Å². The van der Waals surface area contributed by atoms with Gasteiger partial charge in [-0.3, -0.25) is 0 Å². The fourth-order valence-corrected chi connectivity index (χ4v) is 5.01. The van der Waals surface area contributed by atoms with E-state index in [0.717, 1.165) is 36.5 Å². The van der Waals surface area contributed by atoms with Crippen molar-refractivity contribution < 1.29 is 4.39 Å². The lowest BCUT2D eigenvalue weighted by Crippen LogP contribution is -2.28. The molecule has 0 bridgehead atoms. The van der Waals surface area contributed by atoms with Crippen LogP contribution in [0.3, 0.4) is 0 Å². The minimum Gasteiger partial charge on any atom is -0.248 e. The van der Waals surface area contributed by atoms with Gasteiger partial charge in [-0.05, 0) is 81.5 Å². The molecule has 0 aromatic rings. The molecule has 0 radical (unpaired) electrons. The van der Waals surface area contributed by atoms with E-state index in [1.54, 1.807) is 6.92 Å². The summed E-state index contributed by atoms with van der Waals surface area (Å²) in [6.45, 7) is 12.7. The average Bonchev–Trinajstić information content (AvgIpc) is 2.51. The summed E-state index contributed by atoms with van der Waals surface area (Å²) in [6.07, 6.45) is 13.8. The quantitative estimate of drug-likeness (QED) is 0.271. The minimum absolute atomic E-state index is 0.626. The fourth-order valence-electron chi connectivity index (χ4n) is 5.01. The summed E-state index contributed by atoms with van der Waals surface area (Å²) >= 11 is 0. The second kappa shape index (κ2) is 11.3. The minimum atomic E-state index is -0.626. The number of hydrogen-bond acceptors (Lipinski definition) is 0. The van der Waals surface area contributed by atoms with Crippen molar-refractivity contribution in [2.24, 2.45) is 29.6 Å². The van der Waals surface area contributed by atoms with Crippen molar-refractivity contribution in [2.45, 2.75) is 98.1 Å². The first kappa shape index (κ1) is 20.7. The standard InChI is InChI=1S/C22H41F/c1-6-9-10-11-20(7-2)17(4)14-22-16-19(15-18(5)23)12-13-21(22)8-3/h6,17-22H,1,7-16H2,2-5H3. The van der Waals surface area contributed by atoms with E-state index in [0.29, 0.717) is 5.92 Å². The maximum absolute atomic E-state index is 13.4. The maximum atomic E-state index is 13.4. The molecular weight excluding hydrogens is 283 g/mol. The van der Waals surface area contributed by atoms with Gasteiger partial charge in [0.05, 0.1) is 6.17 Å². The highest BCUT2D eigenvalue weighted by molar-refractivity contribution is 4.83. The van der Waals surface area contributed by atoms with Crippen LogP contribution in [0.5, 0.6) is 0 Å². The van der Waals surface area contributed by atoms with Crippen LogP contribution in [0.25, 0.3) is 0 Å². The summed E-state index contributed by atoms with van der Waals surface area (Å²) in [4.78, 5) is 0. The Morgan fingerprint density at radius 1 is 1.13 bits per heavy atom. The van der Waals surface area contributed by atoms with Crippen molar-refractivity contribution in [3.05, 3.63) is 12.7 Å². The molecule has 0 nitrogen and oxygen atoms in total. The highest BCUT2D eigenvalue weighted by atomic mass is 19.1. The molecular formula is C22H41F. The van der Waals surface area contributed by atoms with E-state index in [9.17, 15) is 4.39 Å². The normalized spacial score (nSPS) is 29.0. The van der Waals surface area contributed by atoms with Crippen LogP contribution in [0, 0.1) is 29.6 Å². The molecule has 0 aliphatic heterocycles. The second-order valence-corrected chi connectivity index (χ2v) is 8.22. The highest BCUT2D eigenvalue weighted by Crippen LogP contribution is 2.42. The van der Waals surface area contributed by atoms with Gasteiger partial charge in [-0.25, -0.2) is 4.39 Å². The van der Waals surface area contributed by atoms with Crippen LogP contribution in [0.4, 0.5) is 4.39 Å². The molecule has 1 fully saturated rings. The van der Waals surface area contributed by atoms with Crippen LogP contribution in [-0.4, -0.2) is 6.17 Å². The molecule has 136 valence electrons. The molecule has 23 heavy (non-hydrogen) atoms. The summed E-state index contributed by atoms with van der Waals surface area (Å²) < 4.78 is 13.4. The summed E-state index contributed by atoms with van der Waals surface area (Å²) in [7, 11) is 0. The van der Waals surface area contributed by atoms with Gasteiger partial charge in [0.1, 0.15) is 0 Å². The monoisotopic (exact) mass is 324 g/mol. The SMILES string of the molecule is C=CCCCC(CC)C(C)CC1CC(CC(C)F)CCC1CC. The predicted octanol–water partition coefficient (Wildman–Crippen LogP) is 7.59. The molecule has 1 rings (SSSR count). The summed E-state index contributed by atoms with van der Waals surface area (Å²) in [5.41, 5.74) is 0. The van der Waals surface area contributed by atoms with E-state index in [4.69, 9.17) is 0 Å². The van der Waals surface area contributed by atoms with Gasteiger partial charge in [0, 0.05) is 0 Å². The molecule has 0 aromatic carbocycles. The molecule has 6 unspecified atom stereocenters. The zero-order chi connectivity index (χ0) is 17.2.